The Morgan fingerprint density at radius 1 is 1.60 bits per heavy atom. The number of nitriles is 1. The summed E-state index contributed by atoms with van der Waals surface area (Å²) in [6.07, 6.45) is 0.349. The van der Waals surface area contributed by atoms with Gasteiger partial charge in [0.15, 0.2) is 0 Å². The molecule has 1 amide bonds. The van der Waals surface area contributed by atoms with Crippen LogP contribution in [0.3, 0.4) is 0 Å². The first kappa shape index (κ1) is 11.6. The molecule has 0 heterocycles. The number of hydrogen-bond acceptors (Lipinski definition) is 3. The molecule has 1 rings (SSSR count). The molecule has 15 heavy (non-hydrogen) atoms. The number of carbonyl (C=O) groups excluding carboxylic acids is 1. The normalized spacial score (nSPS) is 9.40. The molecule has 0 aliphatic heterocycles. The SMILES string of the molecule is Cc1cccc(NC(=O)CCS)c1C#N. The van der Waals surface area contributed by atoms with Crippen molar-refractivity contribution < 1.29 is 4.79 Å². The molecule has 0 spiro atoms. The van der Waals surface area contributed by atoms with Gasteiger partial charge in [-0.25, -0.2) is 0 Å². The Balaban J connectivity index is 2.91. The van der Waals surface area contributed by atoms with Gasteiger partial charge in [0.1, 0.15) is 6.07 Å². The van der Waals surface area contributed by atoms with E-state index in [0.717, 1.165) is 5.56 Å². The highest BCUT2D eigenvalue weighted by atomic mass is 32.1. The summed E-state index contributed by atoms with van der Waals surface area (Å²) in [5.41, 5.74) is 1.95. The van der Waals surface area contributed by atoms with Gasteiger partial charge in [0.2, 0.25) is 5.91 Å². The molecule has 0 aromatic heterocycles. The Labute approximate surface area is 94.5 Å². The van der Waals surface area contributed by atoms with Crippen molar-refractivity contribution in [3.63, 3.8) is 0 Å². The van der Waals surface area contributed by atoms with Crippen LogP contribution in [-0.4, -0.2) is 11.7 Å². The third-order valence-electron chi connectivity index (χ3n) is 2.00. The first-order valence-corrected chi connectivity index (χ1v) is 5.22. The number of nitrogens with zero attached hydrogens (tertiary/aromatic N) is 1. The minimum Gasteiger partial charge on any atom is -0.325 e. The van der Waals surface area contributed by atoms with Gasteiger partial charge in [-0.3, -0.25) is 4.79 Å². The zero-order chi connectivity index (χ0) is 11.3. The zero-order valence-electron chi connectivity index (χ0n) is 8.45. The van der Waals surface area contributed by atoms with Crippen LogP contribution < -0.4 is 5.32 Å². The first-order valence-electron chi connectivity index (χ1n) is 4.59. The third kappa shape index (κ3) is 3.00. The molecule has 0 aliphatic carbocycles. The Morgan fingerprint density at radius 3 is 2.93 bits per heavy atom. The monoisotopic (exact) mass is 220 g/mol. The molecular formula is C11H12N2OS. The van der Waals surface area contributed by atoms with E-state index in [2.05, 4.69) is 24.0 Å². The van der Waals surface area contributed by atoms with Crippen LogP contribution in [0.5, 0.6) is 0 Å². The van der Waals surface area contributed by atoms with Crippen molar-refractivity contribution in [2.24, 2.45) is 0 Å². The maximum atomic E-state index is 11.3. The van der Waals surface area contributed by atoms with Gasteiger partial charge in [-0.05, 0) is 24.3 Å². The second kappa shape index (κ2) is 5.42. The van der Waals surface area contributed by atoms with Crippen LogP contribution >= 0.6 is 12.6 Å². The van der Waals surface area contributed by atoms with Crippen LogP contribution in [0, 0.1) is 18.3 Å². The number of thiol groups is 1. The van der Waals surface area contributed by atoms with E-state index in [-0.39, 0.29) is 5.91 Å². The first-order chi connectivity index (χ1) is 7.19. The molecule has 1 aromatic carbocycles. The number of hydrogen-bond donors (Lipinski definition) is 2. The molecule has 0 atom stereocenters. The standard InChI is InChI=1S/C11H12N2OS/c1-8-3-2-4-10(9(8)7-12)13-11(14)5-6-15/h2-4,15H,5-6H2,1H3,(H,13,14). The molecular weight excluding hydrogens is 208 g/mol. The predicted octanol–water partition coefficient (Wildman–Crippen LogP) is 2.13. The summed E-state index contributed by atoms with van der Waals surface area (Å²) in [5, 5.41) is 11.6. The van der Waals surface area contributed by atoms with E-state index in [9.17, 15) is 4.79 Å². The lowest BCUT2D eigenvalue weighted by Gasteiger charge is -2.07. The Hall–Kier alpha value is -1.47. The number of anilines is 1. The quantitative estimate of drug-likeness (QED) is 0.767. The molecule has 0 unspecified atom stereocenters. The summed E-state index contributed by atoms with van der Waals surface area (Å²) in [6.45, 7) is 1.84. The van der Waals surface area contributed by atoms with Crippen molar-refractivity contribution in [1.29, 1.82) is 5.26 Å². The number of aryl methyl sites for hydroxylation is 1. The van der Waals surface area contributed by atoms with Crippen molar-refractivity contribution in [1.82, 2.24) is 0 Å². The molecule has 4 heteroatoms. The molecule has 0 radical (unpaired) electrons. The molecule has 1 aromatic rings. The van der Waals surface area contributed by atoms with E-state index in [1.165, 1.54) is 0 Å². The van der Waals surface area contributed by atoms with Gasteiger partial charge in [-0.2, -0.15) is 17.9 Å². The smallest absolute Gasteiger partial charge is 0.225 e. The highest BCUT2D eigenvalue weighted by Crippen LogP contribution is 2.18. The van der Waals surface area contributed by atoms with Crippen LogP contribution in [0.25, 0.3) is 0 Å². The molecule has 0 saturated carbocycles. The van der Waals surface area contributed by atoms with Crippen molar-refractivity contribution in [3.05, 3.63) is 29.3 Å². The van der Waals surface area contributed by atoms with E-state index in [1.807, 2.05) is 19.1 Å². The van der Waals surface area contributed by atoms with Gasteiger partial charge in [0, 0.05) is 6.42 Å². The summed E-state index contributed by atoms with van der Waals surface area (Å²) >= 11 is 3.97. The summed E-state index contributed by atoms with van der Waals surface area (Å²) in [5.74, 6) is 0.381. The summed E-state index contributed by atoms with van der Waals surface area (Å²) in [6, 6.07) is 7.45. The maximum Gasteiger partial charge on any atom is 0.225 e. The van der Waals surface area contributed by atoms with E-state index in [4.69, 9.17) is 5.26 Å². The second-order valence-corrected chi connectivity index (χ2v) is 3.58. The fraction of sp³-hybridized carbons (Fsp3) is 0.273. The highest BCUT2D eigenvalue weighted by molar-refractivity contribution is 7.80. The second-order valence-electron chi connectivity index (χ2n) is 3.13. The van der Waals surface area contributed by atoms with Crippen LogP contribution in [0.15, 0.2) is 18.2 Å². The lowest BCUT2D eigenvalue weighted by molar-refractivity contribution is -0.115. The molecule has 0 aliphatic rings. The minimum absolute atomic E-state index is 0.118. The van der Waals surface area contributed by atoms with Crippen LogP contribution in [0.2, 0.25) is 0 Å². The van der Waals surface area contributed by atoms with Crippen LogP contribution in [-0.2, 0) is 4.79 Å². The molecule has 3 nitrogen and oxygen atoms in total. The van der Waals surface area contributed by atoms with E-state index < -0.39 is 0 Å². The number of amides is 1. The Bertz CT molecular complexity index is 410. The fourth-order valence-electron chi connectivity index (χ4n) is 1.23. The van der Waals surface area contributed by atoms with Gasteiger partial charge >= 0.3 is 0 Å². The Morgan fingerprint density at radius 2 is 2.33 bits per heavy atom. The van der Waals surface area contributed by atoms with E-state index in [1.54, 1.807) is 6.07 Å². The van der Waals surface area contributed by atoms with Gasteiger partial charge in [0.25, 0.3) is 0 Å². The van der Waals surface area contributed by atoms with Gasteiger partial charge in [0.05, 0.1) is 11.3 Å². The van der Waals surface area contributed by atoms with Crippen molar-refractivity contribution in [2.75, 3.05) is 11.1 Å². The highest BCUT2D eigenvalue weighted by Gasteiger charge is 2.07. The van der Waals surface area contributed by atoms with E-state index in [0.29, 0.717) is 23.4 Å². The lowest BCUT2D eigenvalue weighted by atomic mass is 10.1. The van der Waals surface area contributed by atoms with Gasteiger partial charge < -0.3 is 5.32 Å². The van der Waals surface area contributed by atoms with Gasteiger partial charge in [-0.1, -0.05) is 12.1 Å². The predicted molar refractivity (Wildman–Crippen MR) is 63.0 cm³/mol. The summed E-state index contributed by atoms with van der Waals surface area (Å²) < 4.78 is 0. The van der Waals surface area contributed by atoms with Crippen LogP contribution in [0.1, 0.15) is 17.5 Å². The lowest BCUT2D eigenvalue weighted by Crippen LogP contribution is -2.13. The van der Waals surface area contributed by atoms with Crippen molar-refractivity contribution in [3.8, 4) is 6.07 Å². The maximum absolute atomic E-state index is 11.3. The molecule has 1 N–H and O–H groups in total. The summed E-state index contributed by atoms with van der Waals surface area (Å²) in [4.78, 5) is 11.3. The molecule has 0 saturated heterocycles. The zero-order valence-corrected chi connectivity index (χ0v) is 9.34. The van der Waals surface area contributed by atoms with Crippen LogP contribution in [0.4, 0.5) is 5.69 Å². The van der Waals surface area contributed by atoms with Crippen molar-refractivity contribution >= 4 is 24.2 Å². The largest absolute Gasteiger partial charge is 0.325 e. The number of carbonyl (C=O) groups is 1. The summed E-state index contributed by atoms with van der Waals surface area (Å²) in [7, 11) is 0. The Kier molecular flexibility index (Phi) is 4.19. The number of benzene rings is 1. The number of nitrogens with one attached hydrogen (secondary N) is 1. The van der Waals surface area contributed by atoms with E-state index >= 15 is 0 Å². The van der Waals surface area contributed by atoms with Crippen molar-refractivity contribution in [2.45, 2.75) is 13.3 Å². The topological polar surface area (TPSA) is 52.9 Å². The minimum atomic E-state index is -0.118. The van der Waals surface area contributed by atoms with Gasteiger partial charge in [-0.15, -0.1) is 0 Å². The third-order valence-corrected chi connectivity index (χ3v) is 2.22. The average Bonchev–Trinajstić information content (AvgIpc) is 2.18. The average molecular weight is 220 g/mol. The number of rotatable bonds is 3. The molecule has 0 fully saturated rings. The molecule has 0 bridgehead atoms. The fourth-order valence-corrected chi connectivity index (χ4v) is 1.44. The molecule has 78 valence electrons.